The zero-order chi connectivity index (χ0) is 20.9. The van der Waals surface area contributed by atoms with Gasteiger partial charge >= 0.3 is 6.03 Å². The van der Waals surface area contributed by atoms with Gasteiger partial charge in [0.2, 0.25) is 0 Å². The standard InChI is InChI=1S/C21H22FN7O/c1-15-5-6-16(14-17(15)22)24-21(30)29-12-10-28(11-13-29)20-8-7-19(26-27-20)25-18-4-2-3-9-23-18/h2-9,14H,10-13H2,1H3,(H,24,30)(H,23,25,26). The zero-order valence-corrected chi connectivity index (χ0v) is 16.5. The van der Waals surface area contributed by atoms with Crippen molar-refractivity contribution in [3.63, 3.8) is 0 Å². The van der Waals surface area contributed by atoms with E-state index in [1.165, 1.54) is 6.07 Å². The third kappa shape index (κ3) is 4.62. The number of piperazine rings is 1. The molecule has 1 aliphatic rings. The maximum absolute atomic E-state index is 13.7. The number of aryl methyl sites for hydroxylation is 1. The highest BCUT2D eigenvalue weighted by molar-refractivity contribution is 5.89. The second-order valence-corrected chi connectivity index (χ2v) is 6.98. The zero-order valence-electron chi connectivity index (χ0n) is 16.5. The summed E-state index contributed by atoms with van der Waals surface area (Å²) in [5, 5.41) is 14.3. The number of anilines is 4. The van der Waals surface area contributed by atoms with Crippen LogP contribution in [0.3, 0.4) is 0 Å². The lowest BCUT2D eigenvalue weighted by atomic mass is 10.2. The van der Waals surface area contributed by atoms with E-state index in [1.54, 1.807) is 30.2 Å². The second-order valence-electron chi connectivity index (χ2n) is 6.98. The number of benzene rings is 1. The molecular weight excluding hydrogens is 385 g/mol. The maximum Gasteiger partial charge on any atom is 0.321 e. The van der Waals surface area contributed by atoms with Crippen LogP contribution in [0.25, 0.3) is 0 Å². The van der Waals surface area contributed by atoms with E-state index in [0.717, 1.165) is 5.82 Å². The number of rotatable bonds is 4. The Morgan fingerprint density at radius 2 is 1.83 bits per heavy atom. The van der Waals surface area contributed by atoms with Gasteiger partial charge in [-0.3, -0.25) is 0 Å². The van der Waals surface area contributed by atoms with E-state index in [9.17, 15) is 9.18 Å². The number of amides is 2. The van der Waals surface area contributed by atoms with Gasteiger partial charge in [-0.15, -0.1) is 10.2 Å². The molecule has 1 aliphatic heterocycles. The molecule has 9 heteroatoms. The first-order valence-corrected chi connectivity index (χ1v) is 9.67. The predicted octanol–water partition coefficient (Wildman–Crippen LogP) is 3.42. The smallest absolute Gasteiger partial charge is 0.321 e. The van der Waals surface area contributed by atoms with Crippen LogP contribution in [0, 0.1) is 12.7 Å². The lowest BCUT2D eigenvalue weighted by Gasteiger charge is -2.35. The molecule has 1 aromatic carbocycles. The van der Waals surface area contributed by atoms with E-state index < -0.39 is 0 Å². The molecule has 1 saturated heterocycles. The first-order chi connectivity index (χ1) is 14.6. The van der Waals surface area contributed by atoms with Crippen molar-refractivity contribution >= 4 is 29.2 Å². The predicted molar refractivity (Wildman–Crippen MR) is 113 cm³/mol. The largest absolute Gasteiger partial charge is 0.352 e. The van der Waals surface area contributed by atoms with Crippen LogP contribution in [-0.2, 0) is 0 Å². The number of urea groups is 1. The Bertz CT molecular complexity index is 1010. The molecule has 3 aromatic rings. The monoisotopic (exact) mass is 407 g/mol. The normalized spacial score (nSPS) is 13.8. The molecular formula is C21H22FN7O. The van der Waals surface area contributed by atoms with Crippen LogP contribution >= 0.6 is 0 Å². The molecule has 0 aliphatic carbocycles. The first-order valence-electron chi connectivity index (χ1n) is 9.67. The van der Waals surface area contributed by atoms with E-state index in [1.807, 2.05) is 30.3 Å². The molecule has 3 heterocycles. The topological polar surface area (TPSA) is 86.3 Å². The molecule has 0 unspecified atom stereocenters. The highest BCUT2D eigenvalue weighted by Gasteiger charge is 2.22. The highest BCUT2D eigenvalue weighted by atomic mass is 19.1. The van der Waals surface area contributed by atoms with Crippen LogP contribution in [0.5, 0.6) is 0 Å². The Balaban J connectivity index is 1.30. The van der Waals surface area contributed by atoms with E-state index >= 15 is 0 Å². The summed E-state index contributed by atoms with van der Waals surface area (Å²) in [6.45, 7) is 4.03. The SMILES string of the molecule is Cc1ccc(NC(=O)N2CCN(c3ccc(Nc4ccccn4)nn3)CC2)cc1F. The molecule has 0 spiro atoms. The quantitative estimate of drug-likeness (QED) is 0.689. The van der Waals surface area contributed by atoms with E-state index in [4.69, 9.17) is 0 Å². The van der Waals surface area contributed by atoms with Crippen molar-refractivity contribution in [1.82, 2.24) is 20.1 Å². The van der Waals surface area contributed by atoms with Gasteiger partial charge in [0.05, 0.1) is 0 Å². The minimum absolute atomic E-state index is 0.237. The molecule has 2 N–H and O–H groups in total. The van der Waals surface area contributed by atoms with Crippen molar-refractivity contribution in [1.29, 1.82) is 0 Å². The van der Waals surface area contributed by atoms with Crippen molar-refractivity contribution in [2.75, 3.05) is 41.7 Å². The lowest BCUT2D eigenvalue weighted by Crippen LogP contribution is -2.50. The van der Waals surface area contributed by atoms with Crippen LogP contribution in [0.2, 0.25) is 0 Å². The molecule has 0 atom stereocenters. The van der Waals surface area contributed by atoms with Crippen molar-refractivity contribution < 1.29 is 9.18 Å². The van der Waals surface area contributed by atoms with Gasteiger partial charge in [0.1, 0.15) is 11.6 Å². The number of hydrogen-bond donors (Lipinski definition) is 2. The van der Waals surface area contributed by atoms with Gasteiger partial charge in [-0.2, -0.15) is 0 Å². The fourth-order valence-electron chi connectivity index (χ4n) is 3.14. The van der Waals surface area contributed by atoms with Gasteiger partial charge in [-0.1, -0.05) is 12.1 Å². The Morgan fingerprint density at radius 1 is 1.00 bits per heavy atom. The lowest BCUT2D eigenvalue weighted by molar-refractivity contribution is 0.208. The van der Waals surface area contributed by atoms with Crippen molar-refractivity contribution in [3.05, 3.63) is 66.1 Å². The number of pyridine rings is 1. The van der Waals surface area contributed by atoms with Gasteiger partial charge in [0.15, 0.2) is 11.6 Å². The third-order valence-electron chi connectivity index (χ3n) is 4.89. The first kappa shape index (κ1) is 19.6. The van der Waals surface area contributed by atoms with Gasteiger partial charge in [-0.05, 0) is 48.9 Å². The summed E-state index contributed by atoms with van der Waals surface area (Å²) >= 11 is 0. The van der Waals surface area contributed by atoms with Gasteiger partial charge in [0, 0.05) is 38.1 Å². The number of carbonyl (C=O) groups is 1. The molecule has 0 radical (unpaired) electrons. The fraction of sp³-hybridized carbons (Fsp3) is 0.238. The molecule has 8 nitrogen and oxygen atoms in total. The summed E-state index contributed by atoms with van der Waals surface area (Å²) in [6.07, 6.45) is 1.70. The van der Waals surface area contributed by atoms with Gasteiger partial charge in [-0.25, -0.2) is 14.2 Å². The molecule has 154 valence electrons. The fourth-order valence-corrected chi connectivity index (χ4v) is 3.14. The van der Waals surface area contributed by atoms with Crippen molar-refractivity contribution in [2.24, 2.45) is 0 Å². The summed E-state index contributed by atoms with van der Waals surface area (Å²) in [6, 6.07) is 13.8. The maximum atomic E-state index is 13.7. The molecule has 0 bridgehead atoms. The van der Waals surface area contributed by atoms with Crippen LogP contribution in [0.15, 0.2) is 54.7 Å². The third-order valence-corrected chi connectivity index (χ3v) is 4.89. The number of hydrogen-bond acceptors (Lipinski definition) is 6. The molecule has 2 amide bonds. The summed E-state index contributed by atoms with van der Waals surface area (Å²) < 4.78 is 13.7. The van der Waals surface area contributed by atoms with Crippen LogP contribution < -0.4 is 15.5 Å². The Morgan fingerprint density at radius 3 is 2.50 bits per heavy atom. The van der Waals surface area contributed by atoms with Crippen molar-refractivity contribution in [3.8, 4) is 0 Å². The van der Waals surface area contributed by atoms with Crippen LogP contribution in [0.1, 0.15) is 5.56 Å². The minimum atomic E-state index is -0.336. The summed E-state index contributed by atoms with van der Waals surface area (Å²) in [5.41, 5.74) is 0.997. The Hall–Kier alpha value is -3.75. The highest BCUT2D eigenvalue weighted by Crippen LogP contribution is 2.18. The Labute approximate surface area is 173 Å². The number of aromatic nitrogens is 3. The number of halogens is 1. The van der Waals surface area contributed by atoms with E-state index in [-0.39, 0.29) is 11.8 Å². The molecule has 4 rings (SSSR count). The summed E-state index contributed by atoms with van der Waals surface area (Å²) in [7, 11) is 0. The average molecular weight is 407 g/mol. The molecule has 2 aromatic heterocycles. The second kappa shape index (κ2) is 8.73. The summed E-state index contributed by atoms with van der Waals surface area (Å²) in [5.74, 6) is 1.73. The molecule has 1 fully saturated rings. The van der Waals surface area contributed by atoms with Crippen LogP contribution in [-0.4, -0.2) is 52.3 Å². The Kier molecular flexibility index (Phi) is 5.69. The number of nitrogens with zero attached hydrogens (tertiary/aromatic N) is 5. The summed E-state index contributed by atoms with van der Waals surface area (Å²) in [4.78, 5) is 20.4. The van der Waals surface area contributed by atoms with E-state index in [0.29, 0.717) is 49.1 Å². The van der Waals surface area contributed by atoms with E-state index in [2.05, 4.69) is 30.7 Å². The van der Waals surface area contributed by atoms with Crippen LogP contribution in [0.4, 0.5) is 32.3 Å². The molecule has 0 saturated carbocycles. The van der Waals surface area contributed by atoms with Crippen molar-refractivity contribution in [2.45, 2.75) is 6.92 Å². The number of nitrogens with one attached hydrogen (secondary N) is 2. The van der Waals surface area contributed by atoms with Gasteiger partial charge < -0.3 is 20.4 Å². The molecule has 30 heavy (non-hydrogen) atoms. The number of carbonyl (C=O) groups excluding carboxylic acids is 1. The average Bonchev–Trinajstić information content (AvgIpc) is 2.78. The minimum Gasteiger partial charge on any atom is -0.352 e. The van der Waals surface area contributed by atoms with Gasteiger partial charge in [0.25, 0.3) is 0 Å².